The van der Waals surface area contributed by atoms with Gasteiger partial charge < -0.3 is 5.73 Å². The van der Waals surface area contributed by atoms with Crippen molar-refractivity contribution in [1.82, 2.24) is 0 Å². The fourth-order valence-corrected chi connectivity index (χ4v) is 0.647. The van der Waals surface area contributed by atoms with Crippen LogP contribution in [0.4, 0.5) is 8.78 Å². The Morgan fingerprint density at radius 1 is 1.33 bits per heavy atom. The van der Waals surface area contributed by atoms with Gasteiger partial charge in [0.25, 0.3) is 6.43 Å². The second-order valence-electron chi connectivity index (χ2n) is 2.63. The normalized spacial score (nSPS) is 15.0. The van der Waals surface area contributed by atoms with Crippen LogP contribution in [-0.2, 0) is 0 Å². The summed E-state index contributed by atoms with van der Waals surface area (Å²) in [6, 6.07) is -0.940. The minimum atomic E-state index is -2.37. The van der Waals surface area contributed by atoms with Gasteiger partial charge in [-0.25, -0.2) is 8.78 Å². The second kappa shape index (κ2) is 3.77. The third kappa shape index (κ3) is 4.33. The predicted octanol–water partition coefficient (Wildman–Crippen LogP) is 1.62. The van der Waals surface area contributed by atoms with Gasteiger partial charge in [0.05, 0.1) is 6.04 Å². The van der Waals surface area contributed by atoms with Crippen LogP contribution in [0.15, 0.2) is 0 Å². The van der Waals surface area contributed by atoms with Gasteiger partial charge in [0.15, 0.2) is 0 Å². The Hall–Kier alpha value is -0.180. The average Bonchev–Trinajstić information content (AvgIpc) is 1.63. The number of nitrogens with two attached hydrogens (primary N) is 1. The van der Waals surface area contributed by atoms with E-state index in [9.17, 15) is 8.78 Å². The summed E-state index contributed by atoms with van der Waals surface area (Å²) in [5.41, 5.74) is 5.07. The summed E-state index contributed by atoms with van der Waals surface area (Å²) in [5, 5.41) is 0. The maximum Gasteiger partial charge on any atom is 0.253 e. The zero-order valence-corrected chi connectivity index (χ0v) is 5.77. The molecule has 0 aliphatic rings. The van der Waals surface area contributed by atoms with Gasteiger partial charge in [0.2, 0.25) is 0 Å². The van der Waals surface area contributed by atoms with Gasteiger partial charge in [-0.2, -0.15) is 0 Å². The van der Waals surface area contributed by atoms with E-state index < -0.39 is 12.5 Å². The smallest absolute Gasteiger partial charge is 0.253 e. The summed E-state index contributed by atoms with van der Waals surface area (Å²) in [7, 11) is 0. The van der Waals surface area contributed by atoms with Crippen LogP contribution in [0.1, 0.15) is 20.3 Å². The SMILES string of the molecule is CC(C)CC(N)C(F)F. The molecule has 0 fully saturated rings. The molecule has 1 nitrogen and oxygen atoms in total. The van der Waals surface area contributed by atoms with E-state index in [4.69, 9.17) is 5.73 Å². The third-order valence-corrected chi connectivity index (χ3v) is 1.07. The molecule has 3 heteroatoms. The lowest BCUT2D eigenvalue weighted by Gasteiger charge is -2.11. The summed E-state index contributed by atoms with van der Waals surface area (Å²) in [4.78, 5) is 0. The van der Waals surface area contributed by atoms with E-state index in [2.05, 4.69) is 0 Å². The molecule has 0 rings (SSSR count). The quantitative estimate of drug-likeness (QED) is 0.628. The van der Waals surface area contributed by atoms with Crippen molar-refractivity contribution < 1.29 is 8.78 Å². The molecule has 9 heavy (non-hydrogen) atoms. The Morgan fingerprint density at radius 2 is 1.78 bits per heavy atom. The van der Waals surface area contributed by atoms with Gasteiger partial charge in [-0.1, -0.05) is 13.8 Å². The first-order chi connectivity index (χ1) is 4.04. The second-order valence-corrected chi connectivity index (χ2v) is 2.63. The van der Waals surface area contributed by atoms with Crippen LogP contribution in [0.3, 0.4) is 0 Å². The zero-order chi connectivity index (χ0) is 7.44. The summed E-state index contributed by atoms with van der Waals surface area (Å²) >= 11 is 0. The van der Waals surface area contributed by atoms with Crippen LogP contribution < -0.4 is 5.73 Å². The van der Waals surface area contributed by atoms with Crippen LogP contribution in [-0.4, -0.2) is 12.5 Å². The average molecular weight is 137 g/mol. The highest BCUT2D eigenvalue weighted by atomic mass is 19.3. The molecule has 0 aliphatic heterocycles. The predicted molar refractivity (Wildman–Crippen MR) is 33.4 cm³/mol. The van der Waals surface area contributed by atoms with Crippen molar-refractivity contribution in [2.24, 2.45) is 11.7 Å². The molecule has 0 saturated carbocycles. The Bertz CT molecular complexity index is 73.5. The van der Waals surface area contributed by atoms with Crippen LogP contribution in [0, 0.1) is 5.92 Å². The number of hydrogen-bond acceptors (Lipinski definition) is 1. The summed E-state index contributed by atoms with van der Waals surface area (Å²) in [5.74, 6) is 0.258. The number of rotatable bonds is 3. The lowest BCUT2D eigenvalue weighted by atomic mass is 10.1. The molecule has 0 aliphatic carbocycles. The first-order valence-corrected chi connectivity index (χ1v) is 3.07. The Morgan fingerprint density at radius 3 is 1.89 bits per heavy atom. The van der Waals surface area contributed by atoms with Crippen LogP contribution in [0.25, 0.3) is 0 Å². The first kappa shape index (κ1) is 8.82. The zero-order valence-electron chi connectivity index (χ0n) is 5.77. The molecule has 0 heterocycles. The molecule has 0 bridgehead atoms. The monoisotopic (exact) mass is 137 g/mol. The molecule has 0 amide bonds. The lowest BCUT2D eigenvalue weighted by molar-refractivity contribution is 0.106. The number of halogens is 2. The summed E-state index contributed by atoms with van der Waals surface area (Å²) in [6.07, 6.45) is -1.97. The van der Waals surface area contributed by atoms with Crippen molar-refractivity contribution in [2.45, 2.75) is 32.7 Å². The maximum absolute atomic E-state index is 11.7. The van der Waals surface area contributed by atoms with Crippen molar-refractivity contribution in [3.63, 3.8) is 0 Å². The van der Waals surface area contributed by atoms with Crippen molar-refractivity contribution in [3.05, 3.63) is 0 Å². The molecule has 0 aromatic heterocycles. The summed E-state index contributed by atoms with van der Waals surface area (Å²) in [6.45, 7) is 3.75. The Labute approximate surface area is 54.2 Å². The minimum absolute atomic E-state index is 0.258. The Balaban J connectivity index is 3.38. The lowest BCUT2D eigenvalue weighted by Crippen LogP contribution is -2.29. The van der Waals surface area contributed by atoms with Crippen LogP contribution >= 0.6 is 0 Å². The highest BCUT2D eigenvalue weighted by molar-refractivity contribution is 4.64. The number of hydrogen-bond donors (Lipinski definition) is 1. The van der Waals surface area contributed by atoms with Gasteiger partial charge in [0.1, 0.15) is 0 Å². The third-order valence-electron chi connectivity index (χ3n) is 1.07. The van der Waals surface area contributed by atoms with Gasteiger partial charge in [-0.15, -0.1) is 0 Å². The molecular formula is C6H13F2N. The molecule has 56 valence electrons. The van der Waals surface area contributed by atoms with Gasteiger partial charge in [-0.05, 0) is 12.3 Å². The molecule has 0 saturated heterocycles. The molecule has 0 radical (unpaired) electrons. The largest absolute Gasteiger partial charge is 0.323 e. The fraction of sp³-hybridized carbons (Fsp3) is 1.00. The van der Waals surface area contributed by atoms with Crippen molar-refractivity contribution in [1.29, 1.82) is 0 Å². The first-order valence-electron chi connectivity index (χ1n) is 3.07. The molecule has 2 N–H and O–H groups in total. The molecule has 0 spiro atoms. The van der Waals surface area contributed by atoms with E-state index in [-0.39, 0.29) is 5.92 Å². The highest BCUT2D eigenvalue weighted by Crippen LogP contribution is 2.08. The van der Waals surface area contributed by atoms with E-state index in [1.165, 1.54) is 0 Å². The van der Waals surface area contributed by atoms with Crippen molar-refractivity contribution in [3.8, 4) is 0 Å². The van der Waals surface area contributed by atoms with E-state index >= 15 is 0 Å². The van der Waals surface area contributed by atoms with Gasteiger partial charge in [-0.3, -0.25) is 0 Å². The van der Waals surface area contributed by atoms with E-state index in [1.54, 1.807) is 0 Å². The van der Waals surface area contributed by atoms with Crippen molar-refractivity contribution >= 4 is 0 Å². The van der Waals surface area contributed by atoms with E-state index in [0.717, 1.165) is 0 Å². The standard InChI is InChI=1S/C6H13F2N/c1-4(2)3-5(9)6(7)8/h4-6H,3,9H2,1-2H3. The van der Waals surface area contributed by atoms with Gasteiger partial charge in [0, 0.05) is 0 Å². The minimum Gasteiger partial charge on any atom is -0.323 e. The number of alkyl halides is 2. The van der Waals surface area contributed by atoms with E-state index in [1.807, 2.05) is 13.8 Å². The van der Waals surface area contributed by atoms with Crippen molar-refractivity contribution in [2.75, 3.05) is 0 Å². The molecule has 1 atom stereocenters. The highest BCUT2D eigenvalue weighted by Gasteiger charge is 2.15. The van der Waals surface area contributed by atoms with Crippen LogP contribution in [0.5, 0.6) is 0 Å². The van der Waals surface area contributed by atoms with Crippen LogP contribution in [0.2, 0.25) is 0 Å². The Kier molecular flexibility index (Phi) is 3.70. The van der Waals surface area contributed by atoms with Gasteiger partial charge >= 0.3 is 0 Å². The molecule has 0 aromatic carbocycles. The van der Waals surface area contributed by atoms with E-state index in [0.29, 0.717) is 6.42 Å². The fourth-order valence-electron chi connectivity index (χ4n) is 0.647. The summed E-state index contributed by atoms with van der Waals surface area (Å²) < 4.78 is 23.3. The topological polar surface area (TPSA) is 26.0 Å². The molecule has 0 aromatic rings. The molecular weight excluding hydrogens is 124 g/mol. The molecule has 1 unspecified atom stereocenters. The maximum atomic E-state index is 11.7.